The SMILES string of the molecule is O=C(NNC1=CCN(Cc2ccccc2)CC1)c1ccco1. The van der Waals surface area contributed by atoms with Gasteiger partial charge in [0.15, 0.2) is 5.76 Å². The molecule has 22 heavy (non-hydrogen) atoms. The molecule has 5 heteroatoms. The highest BCUT2D eigenvalue weighted by molar-refractivity contribution is 5.91. The molecule has 2 aromatic rings. The molecule has 0 fully saturated rings. The molecule has 0 unspecified atom stereocenters. The van der Waals surface area contributed by atoms with Gasteiger partial charge in [-0.2, -0.15) is 0 Å². The van der Waals surface area contributed by atoms with Gasteiger partial charge in [-0.3, -0.25) is 15.1 Å². The van der Waals surface area contributed by atoms with Crippen LogP contribution in [0.25, 0.3) is 0 Å². The Balaban J connectivity index is 1.46. The average molecular weight is 297 g/mol. The van der Waals surface area contributed by atoms with Crippen molar-refractivity contribution < 1.29 is 9.21 Å². The van der Waals surface area contributed by atoms with Crippen molar-refractivity contribution in [2.75, 3.05) is 13.1 Å². The molecule has 1 aromatic carbocycles. The molecule has 114 valence electrons. The molecular weight excluding hydrogens is 278 g/mol. The van der Waals surface area contributed by atoms with E-state index in [1.807, 2.05) is 6.07 Å². The standard InChI is InChI=1S/C17H19N3O2/c21-17(16-7-4-12-22-16)19-18-15-8-10-20(11-9-15)13-14-5-2-1-3-6-14/h1-8,12,18H,9-11,13H2,(H,19,21). The average Bonchev–Trinajstić information content (AvgIpc) is 3.09. The molecule has 0 radical (unpaired) electrons. The van der Waals surface area contributed by atoms with Gasteiger partial charge in [-0.1, -0.05) is 30.3 Å². The van der Waals surface area contributed by atoms with Crippen molar-refractivity contribution >= 4 is 5.91 Å². The number of rotatable bonds is 5. The van der Waals surface area contributed by atoms with Crippen LogP contribution in [0.3, 0.4) is 0 Å². The van der Waals surface area contributed by atoms with Gasteiger partial charge in [0.25, 0.3) is 0 Å². The minimum atomic E-state index is -0.266. The van der Waals surface area contributed by atoms with Crippen molar-refractivity contribution in [1.82, 2.24) is 15.8 Å². The van der Waals surface area contributed by atoms with E-state index >= 15 is 0 Å². The van der Waals surface area contributed by atoms with E-state index in [2.05, 4.69) is 46.1 Å². The van der Waals surface area contributed by atoms with E-state index in [4.69, 9.17) is 4.42 Å². The maximum absolute atomic E-state index is 11.7. The van der Waals surface area contributed by atoms with E-state index in [1.165, 1.54) is 11.8 Å². The lowest BCUT2D eigenvalue weighted by atomic mass is 10.1. The van der Waals surface area contributed by atoms with Crippen LogP contribution in [-0.4, -0.2) is 23.9 Å². The third-order valence-electron chi connectivity index (χ3n) is 3.62. The first kappa shape index (κ1) is 14.4. The monoisotopic (exact) mass is 297 g/mol. The molecule has 2 heterocycles. The van der Waals surface area contributed by atoms with E-state index in [0.29, 0.717) is 5.76 Å². The summed E-state index contributed by atoms with van der Waals surface area (Å²) in [6, 6.07) is 13.8. The van der Waals surface area contributed by atoms with Gasteiger partial charge in [0.2, 0.25) is 0 Å². The third-order valence-corrected chi connectivity index (χ3v) is 3.62. The fourth-order valence-corrected chi connectivity index (χ4v) is 2.42. The zero-order valence-corrected chi connectivity index (χ0v) is 12.3. The summed E-state index contributed by atoms with van der Waals surface area (Å²) < 4.78 is 5.04. The van der Waals surface area contributed by atoms with Gasteiger partial charge in [0.05, 0.1) is 6.26 Å². The molecule has 0 atom stereocenters. The number of hydrogen-bond donors (Lipinski definition) is 2. The normalized spacial score (nSPS) is 15.2. The van der Waals surface area contributed by atoms with Crippen molar-refractivity contribution in [2.24, 2.45) is 0 Å². The summed E-state index contributed by atoms with van der Waals surface area (Å²) in [4.78, 5) is 14.1. The molecule has 1 aliphatic rings. The van der Waals surface area contributed by atoms with E-state index in [0.717, 1.165) is 31.8 Å². The van der Waals surface area contributed by atoms with Gasteiger partial charge < -0.3 is 9.84 Å². The van der Waals surface area contributed by atoms with E-state index < -0.39 is 0 Å². The number of hydrazine groups is 1. The largest absolute Gasteiger partial charge is 0.459 e. The van der Waals surface area contributed by atoms with Crippen LogP contribution in [0.4, 0.5) is 0 Å². The number of benzene rings is 1. The Morgan fingerprint density at radius 3 is 2.73 bits per heavy atom. The number of hydrogen-bond acceptors (Lipinski definition) is 4. The van der Waals surface area contributed by atoms with Crippen LogP contribution >= 0.6 is 0 Å². The summed E-state index contributed by atoms with van der Waals surface area (Å²) in [5, 5.41) is 0. The maximum atomic E-state index is 11.7. The quantitative estimate of drug-likeness (QED) is 0.832. The highest BCUT2D eigenvalue weighted by Crippen LogP contribution is 2.11. The molecule has 0 bridgehead atoms. The lowest BCUT2D eigenvalue weighted by Crippen LogP contribution is -2.40. The van der Waals surface area contributed by atoms with Crippen molar-refractivity contribution in [3.05, 3.63) is 71.8 Å². The lowest BCUT2D eigenvalue weighted by molar-refractivity contribution is 0.0909. The van der Waals surface area contributed by atoms with Crippen LogP contribution in [0.2, 0.25) is 0 Å². The minimum Gasteiger partial charge on any atom is -0.459 e. The number of amides is 1. The number of carbonyl (C=O) groups excluding carboxylic acids is 1. The molecule has 0 saturated heterocycles. The number of nitrogens with zero attached hydrogens (tertiary/aromatic N) is 1. The van der Waals surface area contributed by atoms with Gasteiger partial charge in [-0.15, -0.1) is 0 Å². The van der Waals surface area contributed by atoms with Gasteiger partial charge in [-0.05, 0) is 23.8 Å². The Kier molecular flexibility index (Phi) is 4.56. The second-order valence-corrected chi connectivity index (χ2v) is 5.26. The molecule has 5 nitrogen and oxygen atoms in total. The second-order valence-electron chi connectivity index (χ2n) is 5.26. The molecule has 0 spiro atoms. The summed E-state index contributed by atoms with van der Waals surface area (Å²) in [7, 11) is 0. The molecule has 0 saturated carbocycles. The van der Waals surface area contributed by atoms with Crippen LogP contribution in [0.5, 0.6) is 0 Å². The summed E-state index contributed by atoms with van der Waals surface area (Å²) in [6.07, 6.45) is 4.47. The van der Waals surface area contributed by atoms with Crippen LogP contribution < -0.4 is 10.9 Å². The van der Waals surface area contributed by atoms with Crippen molar-refractivity contribution in [3.63, 3.8) is 0 Å². The summed E-state index contributed by atoms with van der Waals surface area (Å²) in [6.45, 7) is 2.78. The second kappa shape index (κ2) is 6.95. The Morgan fingerprint density at radius 1 is 1.18 bits per heavy atom. The Hall–Kier alpha value is -2.53. The van der Waals surface area contributed by atoms with E-state index in [-0.39, 0.29) is 5.91 Å². The molecule has 3 rings (SSSR count). The van der Waals surface area contributed by atoms with Gasteiger partial charge in [-0.25, -0.2) is 0 Å². The smallest absolute Gasteiger partial charge is 0.305 e. The van der Waals surface area contributed by atoms with Crippen LogP contribution in [0.15, 0.2) is 64.9 Å². The highest BCUT2D eigenvalue weighted by Gasteiger charge is 2.13. The van der Waals surface area contributed by atoms with Crippen LogP contribution in [0, 0.1) is 0 Å². The third kappa shape index (κ3) is 3.77. The van der Waals surface area contributed by atoms with Crippen LogP contribution in [-0.2, 0) is 6.54 Å². The first-order valence-electron chi connectivity index (χ1n) is 7.36. The van der Waals surface area contributed by atoms with Crippen molar-refractivity contribution in [2.45, 2.75) is 13.0 Å². The van der Waals surface area contributed by atoms with Gasteiger partial charge in [0, 0.05) is 31.8 Å². The van der Waals surface area contributed by atoms with Gasteiger partial charge in [0.1, 0.15) is 0 Å². The Bertz CT molecular complexity index is 635. The highest BCUT2D eigenvalue weighted by atomic mass is 16.3. The molecule has 1 aliphatic heterocycles. The molecule has 1 aromatic heterocycles. The summed E-state index contributed by atoms with van der Waals surface area (Å²) in [5.74, 6) is 0.0345. The van der Waals surface area contributed by atoms with Gasteiger partial charge >= 0.3 is 5.91 Å². The van der Waals surface area contributed by atoms with Crippen LogP contribution in [0.1, 0.15) is 22.5 Å². The Morgan fingerprint density at radius 2 is 2.05 bits per heavy atom. The van der Waals surface area contributed by atoms with Crippen molar-refractivity contribution in [1.29, 1.82) is 0 Å². The number of furan rings is 1. The molecule has 0 aliphatic carbocycles. The summed E-state index contributed by atoms with van der Waals surface area (Å²) in [5.41, 5.74) is 7.97. The fraction of sp³-hybridized carbons (Fsp3) is 0.235. The maximum Gasteiger partial charge on any atom is 0.305 e. The predicted octanol–water partition coefficient (Wildman–Crippen LogP) is 2.30. The molecular formula is C17H19N3O2. The zero-order chi connectivity index (χ0) is 15.2. The van der Waals surface area contributed by atoms with E-state index in [9.17, 15) is 4.79 Å². The number of nitrogens with one attached hydrogen (secondary N) is 2. The topological polar surface area (TPSA) is 57.5 Å². The molecule has 2 N–H and O–H groups in total. The Labute approximate surface area is 129 Å². The fourth-order valence-electron chi connectivity index (χ4n) is 2.42. The zero-order valence-electron chi connectivity index (χ0n) is 12.3. The lowest BCUT2D eigenvalue weighted by Gasteiger charge is -2.26. The number of carbonyl (C=O) groups is 1. The first-order chi connectivity index (χ1) is 10.8. The predicted molar refractivity (Wildman–Crippen MR) is 83.7 cm³/mol. The summed E-state index contributed by atoms with van der Waals surface area (Å²) >= 11 is 0. The van der Waals surface area contributed by atoms with E-state index in [1.54, 1.807) is 12.1 Å². The molecule has 1 amide bonds. The van der Waals surface area contributed by atoms with Crippen molar-refractivity contribution in [3.8, 4) is 0 Å². The first-order valence-corrected chi connectivity index (χ1v) is 7.36. The minimum absolute atomic E-state index is 0.266.